The molecule has 0 aliphatic carbocycles. The smallest absolute Gasteiger partial charge is 0.0186 e. The van der Waals surface area contributed by atoms with Crippen molar-refractivity contribution in [2.24, 2.45) is 5.92 Å². The Morgan fingerprint density at radius 3 is 2.53 bits per heavy atom. The lowest BCUT2D eigenvalue weighted by Gasteiger charge is -2.40. The van der Waals surface area contributed by atoms with E-state index in [0.717, 1.165) is 18.0 Å². The highest BCUT2D eigenvalue weighted by Gasteiger charge is 2.31. The van der Waals surface area contributed by atoms with E-state index in [1.165, 1.54) is 69.7 Å². The molecule has 0 aromatic rings. The maximum Gasteiger partial charge on any atom is 0.0186 e. The van der Waals surface area contributed by atoms with E-state index in [9.17, 15) is 0 Å². The van der Waals surface area contributed by atoms with Crippen LogP contribution in [0, 0.1) is 5.92 Å². The Morgan fingerprint density at radius 1 is 1.00 bits per heavy atom. The van der Waals surface area contributed by atoms with Crippen LogP contribution in [0.2, 0.25) is 0 Å². The molecule has 0 spiro atoms. The molecule has 3 heteroatoms. The van der Waals surface area contributed by atoms with E-state index in [0.29, 0.717) is 0 Å². The minimum absolute atomic E-state index is 0.859. The molecular weight excluding hydrogens is 228 g/mol. The second kappa shape index (κ2) is 5.94. The van der Waals surface area contributed by atoms with Crippen molar-refractivity contribution in [2.45, 2.75) is 50.6 Å². The first-order valence-electron chi connectivity index (χ1n) is 7.48. The number of nitrogens with zero attached hydrogens (tertiary/aromatic N) is 1. The number of nitrogens with one attached hydrogen (secondary N) is 1. The fraction of sp³-hybridized carbons (Fsp3) is 1.00. The van der Waals surface area contributed by atoms with Crippen LogP contribution in [0.4, 0.5) is 0 Å². The van der Waals surface area contributed by atoms with Crippen LogP contribution in [0.1, 0.15) is 38.5 Å². The van der Waals surface area contributed by atoms with E-state index in [1.54, 1.807) is 0 Å². The Balaban J connectivity index is 1.46. The molecule has 3 fully saturated rings. The number of hydrogen-bond donors (Lipinski definition) is 1. The lowest BCUT2D eigenvalue weighted by molar-refractivity contribution is 0.122. The van der Waals surface area contributed by atoms with E-state index < -0.39 is 0 Å². The zero-order chi connectivity index (χ0) is 11.5. The highest BCUT2D eigenvalue weighted by molar-refractivity contribution is 7.99. The van der Waals surface area contributed by atoms with Crippen LogP contribution in [0.5, 0.6) is 0 Å². The first kappa shape index (κ1) is 12.3. The van der Waals surface area contributed by atoms with Crippen LogP contribution >= 0.6 is 11.8 Å². The molecule has 0 radical (unpaired) electrons. The minimum atomic E-state index is 0.859. The van der Waals surface area contributed by atoms with Crippen molar-refractivity contribution in [2.75, 3.05) is 31.1 Å². The summed E-state index contributed by atoms with van der Waals surface area (Å²) in [5, 5.41) is 3.70. The van der Waals surface area contributed by atoms with E-state index >= 15 is 0 Å². The van der Waals surface area contributed by atoms with E-state index in [2.05, 4.69) is 22.0 Å². The van der Waals surface area contributed by atoms with Gasteiger partial charge in [0, 0.05) is 17.8 Å². The second-order valence-electron chi connectivity index (χ2n) is 5.95. The van der Waals surface area contributed by atoms with Crippen molar-refractivity contribution in [3.63, 3.8) is 0 Å². The fourth-order valence-corrected chi connectivity index (χ4v) is 5.00. The molecule has 0 saturated carbocycles. The standard InChI is InChI=1S/C14H26N2S/c1-4-14(15-7-1)12-5-8-16(9-6-12)13-3-2-10-17-11-13/h12-15H,1-11H2. The fourth-order valence-electron chi connectivity index (χ4n) is 3.81. The highest BCUT2D eigenvalue weighted by Crippen LogP contribution is 2.29. The average Bonchev–Trinajstić information content (AvgIpc) is 2.94. The van der Waals surface area contributed by atoms with Gasteiger partial charge in [-0.3, -0.25) is 4.90 Å². The molecule has 3 aliphatic rings. The van der Waals surface area contributed by atoms with Crippen molar-refractivity contribution >= 4 is 11.8 Å². The molecule has 2 unspecified atom stereocenters. The normalized spacial score (nSPS) is 37.4. The first-order chi connectivity index (χ1) is 8.43. The van der Waals surface area contributed by atoms with Crippen molar-refractivity contribution < 1.29 is 0 Å². The summed E-state index contributed by atoms with van der Waals surface area (Å²) in [6.45, 7) is 4.01. The van der Waals surface area contributed by atoms with Crippen LogP contribution in [-0.2, 0) is 0 Å². The molecule has 2 nitrogen and oxygen atoms in total. The third kappa shape index (κ3) is 2.99. The van der Waals surface area contributed by atoms with Gasteiger partial charge in [0.15, 0.2) is 0 Å². The summed E-state index contributed by atoms with van der Waals surface area (Å²) in [7, 11) is 0. The summed E-state index contributed by atoms with van der Waals surface area (Å²) in [5.41, 5.74) is 0. The van der Waals surface area contributed by atoms with Gasteiger partial charge in [-0.15, -0.1) is 0 Å². The molecule has 3 heterocycles. The number of rotatable bonds is 2. The van der Waals surface area contributed by atoms with Gasteiger partial charge in [0.1, 0.15) is 0 Å². The molecule has 98 valence electrons. The molecule has 17 heavy (non-hydrogen) atoms. The van der Waals surface area contributed by atoms with Crippen LogP contribution in [0.3, 0.4) is 0 Å². The average molecular weight is 254 g/mol. The molecule has 2 atom stereocenters. The molecule has 0 aromatic heterocycles. The molecule has 0 aromatic carbocycles. The quantitative estimate of drug-likeness (QED) is 0.814. The van der Waals surface area contributed by atoms with Crippen molar-refractivity contribution in [3.05, 3.63) is 0 Å². The summed E-state index contributed by atoms with van der Waals surface area (Å²) in [5.74, 6) is 3.77. The summed E-state index contributed by atoms with van der Waals surface area (Å²) in [6, 6.07) is 1.77. The van der Waals surface area contributed by atoms with Gasteiger partial charge >= 0.3 is 0 Å². The number of hydrogen-bond acceptors (Lipinski definition) is 3. The molecule has 3 aliphatic heterocycles. The maximum absolute atomic E-state index is 3.70. The Kier molecular flexibility index (Phi) is 4.30. The number of thioether (sulfide) groups is 1. The minimum Gasteiger partial charge on any atom is -0.314 e. The number of piperidine rings is 1. The SMILES string of the molecule is C1CNC(C2CCN(C3CCCSC3)CC2)C1. The molecule has 3 saturated heterocycles. The Morgan fingerprint density at radius 2 is 1.88 bits per heavy atom. The predicted octanol–water partition coefficient (Wildman–Crippen LogP) is 2.35. The molecule has 0 amide bonds. The van der Waals surface area contributed by atoms with Crippen LogP contribution in [0.25, 0.3) is 0 Å². The summed E-state index contributed by atoms with van der Waals surface area (Å²) in [6.07, 6.45) is 8.63. The largest absolute Gasteiger partial charge is 0.314 e. The zero-order valence-corrected chi connectivity index (χ0v) is 11.7. The molecule has 1 N–H and O–H groups in total. The van der Waals surface area contributed by atoms with Gasteiger partial charge in [-0.1, -0.05) is 0 Å². The molecular formula is C14H26N2S. The Labute approximate surface area is 110 Å². The van der Waals surface area contributed by atoms with Gasteiger partial charge in [0.25, 0.3) is 0 Å². The lowest BCUT2D eigenvalue weighted by atomic mass is 9.88. The van der Waals surface area contributed by atoms with Gasteiger partial charge in [-0.05, 0) is 69.8 Å². The third-order valence-electron chi connectivity index (χ3n) is 4.89. The monoisotopic (exact) mass is 254 g/mol. The summed E-state index contributed by atoms with van der Waals surface area (Å²) < 4.78 is 0. The van der Waals surface area contributed by atoms with Crippen molar-refractivity contribution in [1.29, 1.82) is 0 Å². The second-order valence-corrected chi connectivity index (χ2v) is 7.10. The third-order valence-corrected chi connectivity index (χ3v) is 6.09. The molecule has 3 rings (SSSR count). The predicted molar refractivity (Wildman–Crippen MR) is 75.7 cm³/mol. The summed E-state index contributed by atoms with van der Waals surface area (Å²) in [4.78, 5) is 2.79. The summed E-state index contributed by atoms with van der Waals surface area (Å²) >= 11 is 2.17. The topological polar surface area (TPSA) is 15.3 Å². The zero-order valence-electron chi connectivity index (χ0n) is 10.9. The van der Waals surface area contributed by atoms with Crippen LogP contribution in [0.15, 0.2) is 0 Å². The Hall–Kier alpha value is 0.270. The van der Waals surface area contributed by atoms with Crippen molar-refractivity contribution in [3.8, 4) is 0 Å². The number of likely N-dealkylation sites (tertiary alicyclic amines) is 1. The molecule has 0 bridgehead atoms. The van der Waals surface area contributed by atoms with Crippen LogP contribution < -0.4 is 5.32 Å². The van der Waals surface area contributed by atoms with E-state index in [-0.39, 0.29) is 0 Å². The Bertz CT molecular complexity index is 226. The lowest BCUT2D eigenvalue weighted by Crippen LogP contribution is -2.46. The van der Waals surface area contributed by atoms with Crippen molar-refractivity contribution in [1.82, 2.24) is 10.2 Å². The van der Waals surface area contributed by atoms with E-state index in [4.69, 9.17) is 0 Å². The van der Waals surface area contributed by atoms with Gasteiger partial charge in [0.2, 0.25) is 0 Å². The van der Waals surface area contributed by atoms with Gasteiger partial charge in [-0.2, -0.15) is 11.8 Å². The maximum atomic E-state index is 3.70. The van der Waals surface area contributed by atoms with Gasteiger partial charge in [-0.25, -0.2) is 0 Å². The van der Waals surface area contributed by atoms with E-state index in [1.807, 2.05) is 0 Å². The highest BCUT2D eigenvalue weighted by atomic mass is 32.2. The van der Waals surface area contributed by atoms with Crippen LogP contribution in [-0.4, -0.2) is 48.1 Å². The first-order valence-corrected chi connectivity index (χ1v) is 8.64. The van der Waals surface area contributed by atoms with Gasteiger partial charge < -0.3 is 5.32 Å². The van der Waals surface area contributed by atoms with Gasteiger partial charge in [0.05, 0.1) is 0 Å².